The fraction of sp³-hybridized carbons (Fsp3) is 0.800. The van der Waals surface area contributed by atoms with Crippen molar-refractivity contribution in [3.05, 3.63) is 12.3 Å². The SMILES string of the molecule is C=C(N)C(C)(CCC)CCC. The molecule has 0 amide bonds. The van der Waals surface area contributed by atoms with Gasteiger partial charge in [0.2, 0.25) is 0 Å². The molecule has 0 atom stereocenters. The Morgan fingerprint density at radius 1 is 1.27 bits per heavy atom. The van der Waals surface area contributed by atoms with E-state index in [0.29, 0.717) is 0 Å². The molecule has 1 nitrogen and oxygen atoms in total. The molecule has 0 saturated carbocycles. The minimum absolute atomic E-state index is 0.184. The Balaban J connectivity index is 4.13. The molecule has 0 bridgehead atoms. The molecule has 0 heterocycles. The molecule has 0 unspecified atom stereocenters. The van der Waals surface area contributed by atoms with Gasteiger partial charge < -0.3 is 5.73 Å². The van der Waals surface area contributed by atoms with Crippen LogP contribution in [0.5, 0.6) is 0 Å². The van der Waals surface area contributed by atoms with Gasteiger partial charge in [-0.2, -0.15) is 0 Å². The van der Waals surface area contributed by atoms with Gasteiger partial charge in [0.25, 0.3) is 0 Å². The van der Waals surface area contributed by atoms with Gasteiger partial charge in [-0.3, -0.25) is 0 Å². The lowest BCUT2D eigenvalue weighted by molar-refractivity contribution is 0.326. The number of nitrogens with two attached hydrogens (primary N) is 1. The monoisotopic (exact) mass is 155 g/mol. The maximum absolute atomic E-state index is 5.75. The lowest BCUT2D eigenvalue weighted by Crippen LogP contribution is -2.23. The van der Waals surface area contributed by atoms with Crippen molar-refractivity contribution in [1.29, 1.82) is 0 Å². The van der Waals surface area contributed by atoms with Gasteiger partial charge in [0.15, 0.2) is 0 Å². The summed E-state index contributed by atoms with van der Waals surface area (Å²) in [6, 6.07) is 0. The second-order valence-electron chi connectivity index (χ2n) is 3.59. The average molecular weight is 155 g/mol. The van der Waals surface area contributed by atoms with Crippen LogP contribution in [-0.4, -0.2) is 0 Å². The molecule has 0 radical (unpaired) electrons. The molecule has 0 spiro atoms. The summed E-state index contributed by atoms with van der Waals surface area (Å²) < 4.78 is 0. The quantitative estimate of drug-likeness (QED) is 0.648. The Morgan fingerprint density at radius 3 is 1.82 bits per heavy atom. The first-order valence-corrected chi connectivity index (χ1v) is 4.51. The van der Waals surface area contributed by atoms with Gasteiger partial charge in [-0.25, -0.2) is 0 Å². The van der Waals surface area contributed by atoms with Crippen molar-refractivity contribution in [3.63, 3.8) is 0 Å². The third-order valence-corrected chi connectivity index (χ3v) is 2.38. The lowest BCUT2D eigenvalue weighted by atomic mass is 9.79. The average Bonchev–Trinajstić information content (AvgIpc) is 1.88. The van der Waals surface area contributed by atoms with E-state index in [1.165, 1.54) is 12.8 Å². The highest BCUT2D eigenvalue weighted by molar-refractivity contribution is 5.03. The lowest BCUT2D eigenvalue weighted by Gasteiger charge is -2.28. The van der Waals surface area contributed by atoms with Gasteiger partial charge >= 0.3 is 0 Å². The highest BCUT2D eigenvalue weighted by atomic mass is 14.6. The summed E-state index contributed by atoms with van der Waals surface area (Å²) in [5.74, 6) is 0. The summed E-state index contributed by atoms with van der Waals surface area (Å²) in [4.78, 5) is 0. The number of hydrogen-bond donors (Lipinski definition) is 1. The van der Waals surface area contributed by atoms with Crippen LogP contribution in [0.25, 0.3) is 0 Å². The molecule has 0 aromatic carbocycles. The Morgan fingerprint density at radius 2 is 1.64 bits per heavy atom. The minimum Gasteiger partial charge on any atom is -0.402 e. The van der Waals surface area contributed by atoms with Crippen LogP contribution in [0.3, 0.4) is 0 Å². The molecular formula is C10H21N. The van der Waals surface area contributed by atoms with E-state index >= 15 is 0 Å². The minimum atomic E-state index is 0.184. The molecule has 2 N–H and O–H groups in total. The first kappa shape index (κ1) is 10.5. The number of allylic oxidation sites excluding steroid dienone is 1. The van der Waals surface area contributed by atoms with E-state index in [0.717, 1.165) is 18.5 Å². The van der Waals surface area contributed by atoms with E-state index in [1.54, 1.807) is 0 Å². The molecule has 11 heavy (non-hydrogen) atoms. The highest BCUT2D eigenvalue weighted by Gasteiger charge is 2.23. The first-order chi connectivity index (χ1) is 5.06. The second-order valence-corrected chi connectivity index (χ2v) is 3.59. The van der Waals surface area contributed by atoms with Crippen molar-refractivity contribution >= 4 is 0 Å². The molecule has 0 saturated heterocycles. The maximum Gasteiger partial charge on any atom is 0.00676 e. The van der Waals surface area contributed by atoms with E-state index in [-0.39, 0.29) is 5.41 Å². The summed E-state index contributed by atoms with van der Waals surface area (Å²) in [5.41, 5.74) is 6.78. The smallest absolute Gasteiger partial charge is 0.00676 e. The number of hydrogen-bond acceptors (Lipinski definition) is 1. The van der Waals surface area contributed by atoms with Crippen LogP contribution in [0.4, 0.5) is 0 Å². The Kier molecular flexibility index (Phi) is 4.24. The standard InChI is InChI=1S/C10H21N/c1-5-7-10(4,8-6-2)9(3)11/h3,5-8,11H2,1-2,4H3. The molecule has 0 aromatic heterocycles. The van der Waals surface area contributed by atoms with Crippen LogP contribution < -0.4 is 5.73 Å². The summed E-state index contributed by atoms with van der Waals surface area (Å²) in [5, 5.41) is 0. The van der Waals surface area contributed by atoms with Gasteiger partial charge in [-0.05, 0) is 12.8 Å². The zero-order chi connectivity index (χ0) is 8.91. The van der Waals surface area contributed by atoms with Gasteiger partial charge in [0, 0.05) is 11.1 Å². The molecule has 66 valence electrons. The van der Waals surface area contributed by atoms with Gasteiger partial charge in [-0.15, -0.1) is 0 Å². The van der Waals surface area contributed by atoms with Gasteiger partial charge in [0.1, 0.15) is 0 Å². The Hall–Kier alpha value is -0.460. The molecule has 0 aliphatic rings. The van der Waals surface area contributed by atoms with Crippen molar-refractivity contribution in [1.82, 2.24) is 0 Å². The van der Waals surface area contributed by atoms with Crippen molar-refractivity contribution in [3.8, 4) is 0 Å². The zero-order valence-corrected chi connectivity index (χ0v) is 8.11. The Labute approximate surface area is 70.7 Å². The van der Waals surface area contributed by atoms with E-state index in [1.807, 2.05) is 0 Å². The van der Waals surface area contributed by atoms with Crippen LogP contribution in [0.2, 0.25) is 0 Å². The first-order valence-electron chi connectivity index (χ1n) is 4.51. The van der Waals surface area contributed by atoms with Crippen LogP contribution in [0.15, 0.2) is 12.3 Å². The molecule has 0 rings (SSSR count). The number of rotatable bonds is 5. The van der Waals surface area contributed by atoms with E-state index < -0.39 is 0 Å². The topological polar surface area (TPSA) is 26.0 Å². The van der Waals surface area contributed by atoms with Crippen LogP contribution >= 0.6 is 0 Å². The van der Waals surface area contributed by atoms with E-state index in [4.69, 9.17) is 5.73 Å². The summed E-state index contributed by atoms with van der Waals surface area (Å²) in [7, 11) is 0. The van der Waals surface area contributed by atoms with Crippen LogP contribution in [0.1, 0.15) is 46.5 Å². The molecule has 0 aliphatic heterocycles. The third-order valence-electron chi connectivity index (χ3n) is 2.38. The molecular weight excluding hydrogens is 134 g/mol. The maximum atomic E-state index is 5.75. The second kappa shape index (κ2) is 4.42. The molecule has 0 fully saturated rings. The normalized spacial score (nSPS) is 11.5. The van der Waals surface area contributed by atoms with E-state index in [2.05, 4.69) is 27.4 Å². The van der Waals surface area contributed by atoms with Crippen molar-refractivity contribution in [2.75, 3.05) is 0 Å². The molecule has 0 aromatic rings. The summed E-state index contributed by atoms with van der Waals surface area (Å²) in [6.07, 6.45) is 4.70. The third kappa shape index (κ3) is 2.96. The summed E-state index contributed by atoms with van der Waals surface area (Å²) >= 11 is 0. The fourth-order valence-electron chi connectivity index (χ4n) is 1.55. The van der Waals surface area contributed by atoms with Crippen molar-refractivity contribution in [2.24, 2.45) is 11.1 Å². The van der Waals surface area contributed by atoms with Crippen molar-refractivity contribution in [2.45, 2.75) is 46.5 Å². The van der Waals surface area contributed by atoms with Crippen molar-refractivity contribution < 1.29 is 0 Å². The van der Waals surface area contributed by atoms with E-state index in [9.17, 15) is 0 Å². The largest absolute Gasteiger partial charge is 0.402 e. The highest BCUT2D eigenvalue weighted by Crippen LogP contribution is 2.33. The predicted octanol–water partition coefficient (Wildman–Crippen LogP) is 3.07. The van der Waals surface area contributed by atoms with Crippen LogP contribution in [-0.2, 0) is 0 Å². The molecule has 1 heteroatoms. The van der Waals surface area contributed by atoms with Gasteiger partial charge in [0.05, 0.1) is 0 Å². The fourth-order valence-corrected chi connectivity index (χ4v) is 1.55. The zero-order valence-electron chi connectivity index (χ0n) is 8.11. The summed E-state index contributed by atoms with van der Waals surface area (Å²) in [6.45, 7) is 10.4. The molecule has 0 aliphatic carbocycles. The van der Waals surface area contributed by atoms with Crippen LogP contribution in [0, 0.1) is 5.41 Å². The predicted molar refractivity (Wildman–Crippen MR) is 51.3 cm³/mol. The Bertz CT molecular complexity index is 121. The van der Waals surface area contributed by atoms with Gasteiger partial charge in [-0.1, -0.05) is 40.2 Å².